The summed E-state index contributed by atoms with van der Waals surface area (Å²) >= 11 is 3.54. The van der Waals surface area contributed by atoms with Gasteiger partial charge in [-0.05, 0) is 42.8 Å². The molecule has 0 aliphatic carbocycles. The van der Waals surface area contributed by atoms with E-state index in [1.807, 2.05) is 73.7 Å². The summed E-state index contributed by atoms with van der Waals surface area (Å²) in [5.41, 5.74) is 3.24. The molecule has 1 atom stereocenters. The van der Waals surface area contributed by atoms with E-state index < -0.39 is 0 Å². The fourth-order valence-corrected chi connectivity index (χ4v) is 3.56. The van der Waals surface area contributed by atoms with E-state index in [1.165, 1.54) is 0 Å². The molecule has 0 fully saturated rings. The number of hydrogen-bond acceptors (Lipinski definition) is 4. The zero-order valence-corrected chi connectivity index (χ0v) is 16.3. The Balaban J connectivity index is 1.87. The van der Waals surface area contributed by atoms with Gasteiger partial charge in [0, 0.05) is 27.3 Å². The first-order valence-electron chi connectivity index (χ1n) is 8.64. The van der Waals surface area contributed by atoms with Crippen molar-refractivity contribution in [3.8, 4) is 5.75 Å². The maximum absolute atomic E-state index is 11.0. The van der Waals surface area contributed by atoms with Gasteiger partial charge in [-0.2, -0.15) is 0 Å². The molecule has 0 saturated carbocycles. The molecule has 134 valence electrons. The van der Waals surface area contributed by atoms with Crippen LogP contribution in [0.25, 0.3) is 10.9 Å². The van der Waals surface area contributed by atoms with Gasteiger partial charge < -0.3 is 10.4 Å². The van der Waals surface area contributed by atoms with Gasteiger partial charge in [0.05, 0.1) is 6.04 Å². The van der Waals surface area contributed by atoms with Crippen molar-refractivity contribution in [3.05, 3.63) is 94.2 Å². The number of aromatic hydroxyl groups is 1. The van der Waals surface area contributed by atoms with Gasteiger partial charge in [-0.3, -0.25) is 0 Å². The standard InChI is InChI=1S/C22H18BrN3O/c1-14-8-9-15-10-11-18(22(27)21(15)25-14)20(16-5-4-6-17(23)13-16)26-19-7-2-3-12-24-19/h2-13,20,27H,1H3,(H,24,26). The summed E-state index contributed by atoms with van der Waals surface area (Å²) in [6.07, 6.45) is 1.74. The molecule has 0 bridgehead atoms. The SMILES string of the molecule is Cc1ccc2ccc(C(Nc3ccccn3)c3cccc(Br)c3)c(O)c2n1. The highest BCUT2D eigenvalue weighted by atomic mass is 79.9. The molecule has 1 unspecified atom stereocenters. The number of phenolic OH excluding ortho intramolecular Hbond substituents is 1. The van der Waals surface area contributed by atoms with E-state index in [0.29, 0.717) is 5.52 Å². The third-order valence-corrected chi connectivity index (χ3v) is 4.95. The third kappa shape index (κ3) is 3.64. The average molecular weight is 420 g/mol. The predicted molar refractivity (Wildman–Crippen MR) is 112 cm³/mol. The first kappa shape index (κ1) is 17.5. The zero-order valence-electron chi connectivity index (χ0n) is 14.7. The number of nitrogens with zero attached hydrogens (tertiary/aromatic N) is 2. The summed E-state index contributed by atoms with van der Waals surface area (Å²) in [5, 5.41) is 15.4. The highest BCUT2D eigenvalue weighted by Crippen LogP contribution is 2.37. The Labute approximate surface area is 166 Å². The summed E-state index contributed by atoms with van der Waals surface area (Å²) in [6.45, 7) is 1.92. The van der Waals surface area contributed by atoms with Crippen molar-refractivity contribution in [2.75, 3.05) is 5.32 Å². The second kappa shape index (κ2) is 7.37. The minimum atomic E-state index is -0.274. The van der Waals surface area contributed by atoms with Gasteiger partial charge in [-0.25, -0.2) is 9.97 Å². The molecule has 4 rings (SSSR count). The van der Waals surface area contributed by atoms with Crippen molar-refractivity contribution < 1.29 is 5.11 Å². The van der Waals surface area contributed by atoms with Crippen molar-refractivity contribution >= 4 is 32.7 Å². The Morgan fingerprint density at radius 3 is 2.63 bits per heavy atom. The number of fused-ring (bicyclic) bond motifs is 1. The lowest BCUT2D eigenvalue weighted by atomic mass is 9.96. The number of halogens is 1. The highest BCUT2D eigenvalue weighted by Gasteiger charge is 2.20. The van der Waals surface area contributed by atoms with Crippen molar-refractivity contribution in [1.82, 2.24) is 9.97 Å². The molecule has 0 amide bonds. The maximum atomic E-state index is 11.0. The number of aromatic nitrogens is 2. The van der Waals surface area contributed by atoms with Crippen LogP contribution in [0.4, 0.5) is 5.82 Å². The molecular weight excluding hydrogens is 402 g/mol. The summed E-state index contributed by atoms with van der Waals surface area (Å²) in [7, 11) is 0. The Hall–Kier alpha value is -2.92. The summed E-state index contributed by atoms with van der Waals surface area (Å²) in [6, 6.07) is 21.3. The number of rotatable bonds is 4. The Bertz CT molecular complexity index is 1100. The fourth-order valence-electron chi connectivity index (χ4n) is 3.14. The molecule has 2 aromatic carbocycles. The molecular formula is C22H18BrN3O. The molecule has 4 nitrogen and oxygen atoms in total. The molecule has 0 aliphatic heterocycles. The average Bonchev–Trinajstić information content (AvgIpc) is 2.68. The smallest absolute Gasteiger partial charge is 0.147 e. The van der Waals surface area contributed by atoms with Crippen LogP contribution in [0, 0.1) is 6.92 Å². The van der Waals surface area contributed by atoms with E-state index in [-0.39, 0.29) is 11.8 Å². The minimum Gasteiger partial charge on any atom is -0.505 e. The highest BCUT2D eigenvalue weighted by molar-refractivity contribution is 9.10. The number of aryl methyl sites for hydroxylation is 1. The lowest BCUT2D eigenvalue weighted by molar-refractivity contribution is 0.471. The first-order valence-corrected chi connectivity index (χ1v) is 9.43. The molecule has 27 heavy (non-hydrogen) atoms. The van der Waals surface area contributed by atoms with E-state index in [9.17, 15) is 5.11 Å². The van der Waals surface area contributed by atoms with Crippen molar-refractivity contribution in [2.45, 2.75) is 13.0 Å². The molecule has 0 aliphatic rings. The fraction of sp³-hybridized carbons (Fsp3) is 0.0909. The van der Waals surface area contributed by atoms with Crippen LogP contribution in [0.3, 0.4) is 0 Å². The lowest BCUT2D eigenvalue weighted by Gasteiger charge is -2.22. The van der Waals surface area contributed by atoms with Crippen LogP contribution in [-0.2, 0) is 0 Å². The predicted octanol–water partition coefficient (Wildman–Crippen LogP) is 5.61. The molecule has 4 aromatic rings. The molecule has 5 heteroatoms. The normalized spacial score (nSPS) is 12.1. The van der Waals surface area contributed by atoms with Gasteiger partial charge in [-0.15, -0.1) is 0 Å². The van der Waals surface area contributed by atoms with E-state index in [2.05, 4.69) is 31.2 Å². The molecule has 0 saturated heterocycles. The Morgan fingerprint density at radius 1 is 1.00 bits per heavy atom. The zero-order chi connectivity index (χ0) is 18.8. The topological polar surface area (TPSA) is 58.0 Å². The third-order valence-electron chi connectivity index (χ3n) is 4.46. The van der Waals surface area contributed by atoms with Crippen molar-refractivity contribution in [2.24, 2.45) is 0 Å². The lowest BCUT2D eigenvalue weighted by Crippen LogP contribution is -2.13. The summed E-state index contributed by atoms with van der Waals surface area (Å²) < 4.78 is 0.974. The summed E-state index contributed by atoms with van der Waals surface area (Å²) in [4.78, 5) is 8.91. The molecule has 2 aromatic heterocycles. The largest absolute Gasteiger partial charge is 0.505 e. The molecule has 2 heterocycles. The van der Waals surface area contributed by atoms with Gasteiger partial charge >= 0.3 is 0 Å². The van der Waals surface area contributed by atoms with E-state index in [1.54, 1.807) is 6.20 Å². The van der Waals surface area contributed by atoms with Crippen LogP contribution < -0.4 is 5.32 Å². The quantitative estimate of drug-likeness (QED) is 0.451. The van der Waals surface area contributed by atoms with Gasteiger partial charge in [0.25, 0.3) is 0 Å². The molecule has 2 N–H and O–H groups in total. The van der Waals surface area contributed by atoms with E-state index in [4.69, 9.17) is 0 Å². The first-order chi connectivity index (χ1) is 13.1. The Kier molecular flexibility index (Phi) is 4.77. The monoisotopic (exact) mass is 419 g/mol. The van der Waals surface area contributed by atoms with Crippen molar-refractivity contribution in [1.29, 1.82) is 0 Å². The number of anilines is 1. The second-order valence-electron chi connectivity index (χ2n) is 6.38. The Morgan fingerprint density at radius 2 is 1.85 bits per heavy atom. The number of phenols is 1. The number of hydrogen-bond donors (Lipinski definition) is 2. The van der Waals surface area contributed by atoms with Crippen LogP contribution >= 0.6 is 15.9 Å². The summed E-state index contributed by atoms with van der Waals surface area (Å²) in [5.74, 6) is 0.920. The van der Waals surface area contributed by atoms with Crippen LogP contribution in [0.5, 0.6) is 5.75 Å². The number of benzene rings is 2. The van der Waals surface area contributed by atoms with Crippen LogP contribution in [-0.4, -0.2) is 15.1 Å². The van der Waals surface area contributed by atoms with Gasteiger partial charge in [-0.1, -0.05) is 52.3 Å². The minimum absolute atomic E-state index is 0.185. The van der Waals surface area contributed by atoms with E-state index in [0.717, 1.165) is 32.5 Å². The van der Waals surface area contributed by atoms with Gasteiger partial charge in [0.2, 0.25) is 0 Å². The van der Waals surface area contributed by atoms with Crippen molar-refractivity contribution in [3.63, 3.8) is 0 Å². The number of nitrogens with one attached hydrogen (secondary N) is 1. The second-order valence-corrected chi connectivity index (χ2v) is 7.29. The molecule has 0 radical (unpaired) electrons. The molecule has 0 spiro atoms. The van der Waals surface area contributed by atoms with Crippen LogP contribution in [0.2, 0.25) is 0 Å². The van der Waals surface area contributed by atoms with Gasteiger partial charge in [0.1, 0.15) is 17.1 Å². The number of pyridine rings is 2. The van der Waals surface area contributed by atoms with Gasteiger partial charge in [0.15, 0.2) is 0 Å². The van der Waals surface area contributed by atoms with Crippen LogP contribution in [0.1, 0.15) is 22.9 Å². The van der Waals surface area contributed by atoms with E-state index >= 15 is 0 Å². The van der Waals surface area contributed by atoms with Crippen LogP contribution in [0.15, 0.2) is 77.4 Å². The maximum Gasteiger partial charge on any atom is 0.147 e.